The van der Waals surface area contributed by atoms with Crippen molar-refractivity contribution in [3.05, 3.63) is 23.0 Å². The number of halogens is 4. The van der Waals surface area contributed by atoms with E-state index in [1.165, 1.54) is 0 Å². The van der Waals surface area contributed by atoms with Crippen molar-refractivity contribution in [3.8, 4) is 11.8 Å². The Morgan fingerprint density at radius 2 is 2.18 bits per heavy atom. The Morgan fingerprint density at radius 1 is 1.53 bits per heavy atom. The maximum atomic E-state index is 12.1. The van der Waals surface area contributed by atoms with Crippen LogP contribution in [0, 0.1) is 18.3 Å². The molecular formula is C10H8BrF3N2O. The molecule has 0 fully saturated rings. The third-order valence-corrected chi connectivity index (χ3v) is 2.66. The molecule has 0 atom stereocenters. The number of rotatable bonds is 3. The van der Waals surface area contributed by atoms with Gasteiger partial charge in [0.15, 0.2) is 5.75 Å². The molecule has 0 radical (unpaired) electrons. The second-order valence-electron chi connectivity index (χ2n) is 3.19. The molecule has 0 bridgehead atoms. The van der Waals surface area contributed by atoms with E-state index in [0.29, 0.717) is 16.6 Å². The maximum Gasteiger partial charge on any atom is 0.573 e. The normalized spacial score (nSPS) is 11.1. The molecule has 92 valence electrons. The van der Waals surface area contributed by atoms with Crippen molar-refractivity contribution >= 4 is 15.9 Å². The Bertz CT molecular complexity index is 454. The van der Waals surface area contributed by atoms with Crippen molar-refractivity contribution in [3.63, 3.8) is 0 Å². The van der Waals surface area contributed by atoms with Gasteiger partial charge < -0.3 is 4.74 Å². The van der Waals surface area contributed by atoms with Gasteiger partial charge in [-0.1, -0.05) is 15.9 Å². The van der Waals surface area contributed by atoms with Crippen molar-refractivity contribution in [1.82, 2.24) is 4.98 Å². The summed E-state index contributed by atoms with van der Waals surface area (Å²) in [5.41, 5.74) is 1.34. The lowest BCUT2D eigenvalue weighted by Crippen LogP contribution is -2.19. The van der Waals surface area contributed by atoms with Crippen LogP contribution in [-0.4, -0.2) is 11.3 Å². The summed E-state index contributed by atoms with van der Waals surface area (Å²) >= 11 is 3.17. The number of hydrogen-bond donors (Lipinski definition) is 0. The van der Waals surface area contributed by atoms with Gasteiger partial charge in [-0.15, -0.1) is 13.2 Å². The highest BCUT2D eigenvalue weighted by Gasteiger charge is 2.32. The second-order valence-corrected chi connectivity index (χ2v) is 3.75. The predicted octanol–water partition coefficient (Wildman–Crippen LogP) is 3.25. The van der Waals surface area contributed by atoms with Crippen LogP contribution >= 0.6 is 15.9 Å². The molecule has 1 rings (SSSR count). The van der Waals surface area contributed by atoms with E-state index in [1.807, 2.05) is 6.07 Å². The molecule has 1 aromatic rings. The first-order chi connectivity index (χ1) is 7.89. The van der Waals surface area contributed by atoms with E-state index >= 15 is 0 Å². The molecular weight excluding hydrogens is 301 g/mol. The topological polar surface area (TPSA) is 45.9 Å². The Balaban J connectivity index is 3.22. The van der Waals surface area contributed by atoms with Gasteiger partial charge in [0.2, 0.25) is 0 Å². The molecule has 1 aromatic heterocycles. The standard InChI is InChI=1S/C10H8BrF3N2O/c1-6-7(2-3-15)9(17-10(12,13)14)5-16-8(6)4-11/h5H,2,4H2,1H3. The van der Waals surface area contributed by atoms with Gasteiger partial charge in [-0.3, -0.25) is 4.98 Å². The molecule has 17 heavy (non-hydrogen) atoms. The molecule has 0 saturated carbocycles. The van der Waals surface area contributed by atoms with Crippen LogP contribution in [0.4, 0.5) is 13.2 Å². The summed E-state index contributed by atoms with van der Waals surface area (Å²) in [5.74, 6) is -0.416. The van der Waals surface area contributed by atoms with Gasteiger partial charge in [-0.05, 0) is 12.5 Å². The molecule has 0 aliphatic heterocycles. The number of aromatic nitrogens is 1. The van der Waals surface area contributed by atoms with E-state index in [-0.39, 0.29) is 12.0 Å². The first-order valence-electron chi connectivity index (χ1n) is 4.55. The van der Waals surface area contributed by atoms with Crippen LogP contribution in [0.5, 0.6) is 5.75 Å². The average Bonchev–Trinajstić information content (AvgIpc) is 2.22. The first kappa shape index (κ1) is 13.8. The van der Waals surface area contributed by atoms with Gasteiger partial charge in [-0.25, -0.2) is 0 Å². The zero-order valence-electron chi connectivity index (χ0n) is 8.81. The van der Waals surface area contributed by atoms with Gasteiger partial charge in [0.05, 0.1) is 24.4 Å². The van der Waals surface area contributed by atoms with Gasteiger partial charge in [0, 0.05) is 10.9 Å². The third kappa shape index (κ3) is 3.60. The van der Waals surface area contributed by atoms with Crippen LogP contribution < -0.4 is 4.74 Å². The Kier molecular flexibility index (Phi) is 4.34. The van der Waals surface area contributed by atoms with Crippen LogP contribution in [0.25, 0.3) is 0 Å². The summed E-state index contributed by atoms with van der Waals surface area (Å²) < 4.78 is 40.2. The van der Waals surface area contributed by atoms with Crippen LogP contribution in [-0.2, 0) is 11.8 Å². The number of hydrogen-bond acceptors (Lipinski definition) is 3. The highest BCUT2D eigenvalue weighted by atomic mass is 79.9. The van der Waals surface area contributed by atoms with E-state index in [9.17, 15) is 13.2 Å². The second kappa shape index (κ2) is 5.36. The lowest BCUT2D eigenvalue weighted by Gasteiger charge is -2.14. The van der Waals surface area contributed by atoms with E-state index in [2.05, 4.69) is 25.7 Å². The summed E-state index contributed by atoms with van der Waals surface area (Å²) in [6.45, 7) is 1.61. The monoisotopic (exact) mass is 308 g/mol. The molecule has 0 aliphatic rings. The lowest BCUT2D eigenvalue weighted by molar-refractivity contribution is -0.275. The van der Waals surface area contributed by atoms with Crippen molar-refractivity contribution in [1.29, 1.82) is 5.26 Å². The molecule has 0 amide bonds. The highest BCUT2D eigenvalue weighted by molar-refractivity contribution is 9.08. The Labute approximate surface area is 104 Å². The summed E-state index contributed by atoms with van der Waals surface area (Å²) in [7, 11) is 0. The van der Waals surface area contributed by atoms with Crippen molar-refractivity contribution < 1.29 is 17.9 Å². The molecule has 0 aliphatic carbocycles. The highest BCUT2D eigenvalue weighted by Crippen LogP contribution is 2.29. The van der Waals surface area contributed by atoms with Crippen LogP contribution in [0.3, 0.4) is 0 Å². The molecule has 0 N–H and O–H groups in total. The fourth-order valence-electron chi connectivity index (χ4n) is 1.32. The van der Waals surface area contributed by atoms with E-state index in [1.54, 1.807) is 6.92 Å². The SMILES string of the molecule is Cc1c(CBr)ncc(OC(F)(F)F)c1CC#N. The number of ether oxygens (including phenoxy) is 1. The zero-order valence-corrected chi connectivity index (χ0v) is 10.4. The number of pyridine rings is 1. The summed E-state index contributed by atoms with van der Waals surface area (Å²) in [5, 5.41) is 9.02. The van der Waals surface area contributed by atoms with E-state index in [4.69, 9.17) is 5.26 Å². The molecule has 0 spiro atoms. The number of nitrogens with zero attached hydrogens (tertiary/aromatic N) is 2. The summed E-state index contributed by atoms with van der Waals surface area (Å²) in [6.07, 6.45) is -3.95. The minimum Gasteiger partial charge on any atom is -0.404 e. The molecule has 0 aromatic carbocycles. The molecule has 0 unspecified atom stereocenters. The fraction of sp³-hybridized carbons (Fsp3) is 0.400. The molecule has 0 saturated heterocycles. The Hall–Kier alpha value is -1.29. The van der Waals surface area contributed by atoms with Crippen molar-refractivity contribution in [2.24, 2.45) is 0 Å². The van der Waals surface area contributed by atoms with Gasteiger partial charge in [-0.2, -0.15) is 5.26 Å². The van der Waals surface area contributed by atoms with E-state index < -0.39 is 12.1 Å². The summed E-state index contributed by atoms with van der Waals surface area (Å²) in [4.78, 5) is 3.84. The molecule has 1 heterocycles. The molecule has 7 heteroatoms. The smallest absolute Gasteiger partial charge is 0.404 e. The third-order valence-electron chi connectivity index (χ3n) is 2.13. The van der Waals surface area contributed by atoms with Crippen molar-refractivity contribution in [2.45, 2.75) is 25.0 Å². The summed E-state index contributed by atoms with van der Waals surface area (Å²) in [6, 6.07) is 1.81. The van der Waals surface area contributed by atoms with Crippen LogP contribution in [0.15, 0.2) is 6.20 Å². The maximum absolute atomic E-state index is 12.1. The van der Waals surface area contributed by atoms with Gasteiger partial charge >= 0.3 is 6.36 Å². The van der Waals surface area contributed by atoms with Crippen LogP contribution in [0.1, 0.15) is 16.8 Å². The minimum absolute atomic E-state index is 0.153. The quantitative estimate of drug-likeness (QED) is 0.805. The minimum atomic E-state index is -4.78. The Morgan fingerprint density at radius 3 is 2.65 bits per heavy atom. The zero-order chi connectivity index (χ0) is 13.1. The predicted molar refractivity (Wildman–Crippen MR) is 57.6 cm³/mol. The largest absolute Gasteiger partial charge is 0.573 e. The van der Waals surface area contributed by atoms with Gasteiger partial charge in [0.1, 0.15) is 0 Å². The molecule has 3 nitrogen and oxygen atoms in total. The fourth-order valence-corrected chi connectivity index (χ4v) is 1.88. The average molecular weight is 309 g/mol. The van der Waals surface area contributed by atoms with E-state index in [0.717, 1.165) is 6.20 Å². The lowest BCUT2D eigenvalue weighted by atomic mass is 10.1. The van der Waals surface area contributed by atoms with Gasteiger partial charge in [0.25, 0.3) is 0 Å². The number of alkyl halides is 4. The van der Waals surface area contributed by atoms with Crippen LogP contribution in [0.2, 0.25) is 0 Å². The first-order valence-corrected chi connectivity index (χ1v) is 5.67. The van der Waals surface area contributed by atoms with Crippen molar-refractivity contribution in [2.75, 3.05) is 0 Å². The number of nitriles is 1.